The van der Waals surface area contributed by atoms with Crippen LogP contribution in [0.1, 0.15) is 16.7 Å². The van der Waals surface area contributed by atoms with Crippen LogP contribution in [-0.4, -0.2) is 31.9 Å². The summed E-state index contributed by atoms with van der Waals surface area (Å²) in [5, 5.41) is 2.97. The second-order valence-corrected chi connectivity index (χ2v) is 5.41. The van der Waals surface area contributed by atoms with Gasteiger partial charge in [0, 0.05) is 11.5 Å². The predicted octanol–water partition coefficient (Wildman–Crippen LogP) is 2.30. The van der Waals surface area contributed by atoms with E-state index >= 15 is 0 Å². The monoisotopic (exact) mass is 267 g/mol. The lowest BCUT2D eigenvalue weighted by molar-refractivity contribution is -0.142. The summed E-state index contributed by atoms with van der Waals surface area (Å²) in [7, 11) is 3.19. The number of benzene rings is 1. The number of hydrogen-bond donors (Lipinski definition) is 1. The van der Waals surface area contributed by atoms with E-state index in [1.165, 1.54) is 23.8 Å². The van der Waals surface area contributed by atoms with Crippen LogP contribution < -0.4 is 5.32 Å². The third kappa shape index (κ3) is 4.70. The lowest BCUT2D eigenvalue weighted by Crippen LogP contribution is -2.37. The molecule has 1 rings (SSSR count). The third-order valence-corrected chi connectivity index (χ3v) is 3.78. The van der Waals surface area contributed by atoms with Gasteiger partial charge in [0.25, 0.3) is 0 Å². The molecule has 0 bridgehead atoms. The Morgan fingerprint density at radius 2 is 1.94 bits per heavy atom. The fourth-order valence-corrected chi connectivity index (χ4v) is 2.92. The molecule has 3 nitrogen and oxygen atoms in total. The first-order valence-electron chi connectivity index (χ1n) is 5.97. The van der Waals surface area contributed by atoms with Gasteiger partial charge >= 0.3 is 5.97 Å². The summed E-state index contributed by atoms with van der Waals surface area (Å²) in [6.45, 7) is 4.21. The van der Waals surface area contributed by atoms with E-state index in [-0.39, 0.29) is 12.0 Å². The lowest BCUT2D eigenvalue weighted by Gasteiger charge is -2.13. The van der Waals surface area contributed by atoms with E-state index in [2.05, 4.69) is 37.4 Å². The van der Waals surface area contributed by atoms with Crippen molar-refractivity contribution in [1.82, 2.24) is 5.32 Å². The number of likely N-dealkylation sites (N-methyl/N-ethyl adjacent to an activating group) is 1. The van der Waals surface area contributed by atoms with Crippen LogP contribution in [0, 0.1) is 13.8 Å². The van der Waals surface area contributed by atoms with Crippen molar-refractivity contribution < 1.29 is 9.53 Å². The highest BCUT2D eigenvalue weighted by Crippen LogP contribution is 2.16. The average Bonchev–Trinajstić information content (AvgIpc) is 2.32. The zero-order chi connectivity index (χ0) is 13.5. The normalized spacial score (nSPS) is 12.2. The summed E-state index contributed by atoms with van der Waals surface area (Å²) in [5.74, 6) is 1.43. The Labute approximate surface area is 113 Å². The fourth-order valence-electron chi connectivity index (χ4n) is 1.86. The minimum Gasteiger partial charge on any atom is -0.468 e. The average molecular weight is 267 g/mol. The van der Waals surface area contributed by atoms with Gasteiger partial charge in [0.05, 0.1) is 7.11 Å². The molecule has 0 fully saturated rings. The molecule has 4 heteroatoms. The van der Waals surface area contributed by atoms with Crippen LogP contribution in [0.25, 0.3) is 0 Å². The van der Waals surface area contributed by atoms with Crippen LogP contribution in [0.2, 0.25) is 0 Å². The van der Waals surface area contributed by atoms with Gasteiger partial charge in [-0.3, -0.25) is 4.79 Å². The van der Waals surface area contributed by atoms with Gasteiger partial charge in [0.2, 0.25) is 0 Å². The Morgan fingerprint density at radius 3 is 2.44 bits per heavy atom. The van der Waals surface area contributed by atoms with Gasteiger partial charge in [-0.2, -0.15) is 11.8 Å². The highest BCUT2D eigenvalue weighted by molar-refractivity contribution is 7.98. The molecule has 0 saturated heterocycles. The number of thioether (sulfide) groups is 1. The molecule has 0 heterocycles. The molecular formula is C14H21NO2S. The van der Waals surface area contributed by atoms with Crippen molar-refractivity contribution in [1.29, 1.82) is 0 Å². The van der Waals surface area contributed by atoms with Crippen LogP contribution in [0.15, 0.2) is 18.2 Å². The Bertz CT molecular complexity index is 387. The summed E-state index contributed by atoms with van der Waals surface area (Å²) in [6, 6.07) is 6.31. The van der Waals surface area contributed by atoms with Crippen molar-refractivity contribution >= 4 is 17.7 Å². The molecule has 0 aromatic heterocycles. The molecule has 1 aromatic rings. The number of nitrogens with one attached hydrogen (secondary N) is 1. The number of methoxy groups -OCH3 is 1. The van der Waals surface area contributed by atoms with E-state index in [1.54, 1.807) is 18.8 Å². The molecule has 1 aromatic carbocycles. The number of esters is 1. The van der Waals surface area contributed by atoms with Crippen LogP contribution in [0.4, 0.5) is 0 Å². The summed E-state index contributed by atoms with van der Waals surface area (Å²) in [4.78, 5) is 11.4. The molecule has 1 N–H and O–H groups in total. The van der Waals surface area contributed by atoms with Gasteiger partial charge in [-0.1, -0.05) is 29.3 Å². The van der Waals surface area contributed by atoms with Gasteiger partial charge in [0.15, 0.2) is 0 Å². The maximum atomic E-state index is 11.4. The predicted molar refractivity (Wildman–Crippen MR) is 76.9 cm³/mol. The largest absolute Gasteiger partial charge is 0.468 e. The Kier molecular flexibility index (Phi) is 6.22. The first-order chi connectivity index (χ1) is 8.56. The number of ether oxygens (including phenoxy) is 1. The molecule has 1 atom stereocenters. The SMILES string of the molecule is CNC(CSCc1cc(C)cc(C)c1)C(=O)OC. The minimum absolute atomic E-state index is 0.203. The molecule has 0 radical (unpaired) electrons. The van der Waals surface area contributed by atoms with Crippen molar-refractivity contribution in [2.45, 2.75) is 25.6 Å². The quantitative estimate of drug-likeness (QED) is 0.803. The van der Waals surface area contributed by atoms with E-state index in [4.69, 9.17) is 4.74 Å². The van der Waals surface area contributed by atoms with Gasteiger partial charge in [0.1, 0.15) is 6.04 Å². The molecule has 1 unspecified atom stereocenters. The smallest absolute Gasteiger partial charge is 0.323 e. The zero-order valence-electron chi connectivity index (χ0n) is 11.4. The molecule has 0 aliphatic heterocycles. The second kappa shape index (κ2) is 7.44. The van der Waals surface area contributed by atoms with Crippen molar-refractivity contribution in [3.05, 3.63) is 34.9 Å². The topological polar surface area (TPSA) is 38.3 Å². The number of rotatable bonds is 6. The van der Waals surface area contributed by atoms with Gasteiger partial charge in [-0.15, -0.1) is 0 Å². The molecule has 0 aliphatic carbocycles. The maximum absolute atomic E-state index is 11.4. The van der Waals surface area contributed by atoms with Crippen molar-refractivity contribution in [3.8, 4) is 0 Å². The molecule has 100 valence electrons. The number of carbonyl (C=O) groups is 1. The number of hydrogen-bond acceptors (Lipinski definition) is 4. The van der Waals surface area contributed by atoms with E-state index in [0.717, 1.165) is 11.5 Å². The number of aryl methyl sites for hydroxylation is 2. The highest BCUT2D eigenvalue weighted by Gasteiger charge is 2.16. The van der Waals surface area contributed by atoms with E-state index in [9.17, 15) is 4.79 Å². The highest BCUT2D eigenvalue weighted by atomic mass is 32.2. The molecule has 0 spiro atoms. The van der Waals surface area contributed by atoms with Crippen LogP contribution in [0.5, 0.6) is 0 Å². The van der Waals surface area contributed by atoms with Gasteiger partial charge < -0.3 is 10.1 Å². The number of carbonyl (C=O) groups excluding carboxylic acids is 1. The summed E-state index contributed by atoms with van der Waals surface area (Å²) >= 11 is 1.74. The Morgan fingerprint density at radius 1 is 1.33 bits per heavy atom. The minimum atomic E-state index is -0.231. The fraction of sp³-hybridized carbons (Fsp3) is 0.500. The maximum Gasteiger partial charge on any atom is 0.323 e. The van der Waals surface area contributed by atoms with Crippen molar-refractivity contribution in [3.63, 3.8) is 0 Å². The lowest BCUT2D eigenvalue weighted by atomic mass is 10.1. The summed E-state index contributed by atoms with van der Waals surface area (Å²) in [6.07, 6.45) is 0. The second-order valence-electron chi connectivity index (χ2n) is 4.38. The summed E-state index contributed by atoms with van der Waals surface area (Å²) < 4.78 is 4.73. The van der Waals surface area contributed by atoms with Crippen molar-refractivity contribution in [2.24, 2.45) is 0 Å². The molecule has 0 aliphatic rings. The molecular weight excluding hydrogens is 246 g/mol. The van der Waals surface area contributed by atoms with E-state index in [1.807, 2.05) is 0 Å². The summed E-state index contributed by atoms with van der Waals surface area (Å²) in [5.41, 5.74) is 3.87. The van der Waals surface area contributed by atoms with E-state index in [0.29, 0.717) is 0 Å². The van der Waals surface area contributed by atoms with Crippen LogP contribution in [-0.2, 0) is 15.3 Å². The van der Waals surface area contributed by atoms with Gasteiger partial charge in [-0.25, -0.2) is 0 Å². The standard InChI is InChI=1S/C14H21NO2S/c1-10-5-11(2)7-12(6-10)8-18-9-13(15-3)14(16)17-4/h5-7,13,15H,8-9H2,1-4H3. The Hall–Kier alpha value is -1.00. The Balaban J connectivity index is 2.47. The van der Waals surface area contributed by atoms with E-state index < -0.39 is 0 Å². The molecule has 18 heavy (non-hydrogen) atoms. The van der Waals surface area contributed by atoms with Crippen molar-refractivity contribution in [2.75, 3.05) is 19.9 Å². The molecule has 0 amide bonds. The first kappa shape index (κ1) is 15.1. The van der Waals surface area contributed by atoms with Crippen LogP contribution >= 0.6 is 11.8 Å². The third-order valence-electron chi connectivity index (χ3n) is 2.67. The van der Waals surface area contributed by atoms with Crippen LogP contribution in [0.3, 0.4) is 0 Å². The zero-order valence-corrected chi connectivity index (χ0v) is 12.3. The molecule has 0 saturated carbocycles. The first-order valence-corrected chi connectivity index (χ1v) is 7.12. The van der Waals surface area contributed by atoms with Gasteiger partial charge in [-0.05, 0) is 26.5 Å².